The first kappa shape index (κ1) is 18.8. The number of aromatic nitrogens is 4. The summed E-state index contributed by atoms with van der Waals surface area (Å²) in [5.74, 6) is 1.19. The Hall–Kier alpha value is -3.56. The van der Waals surface area contributed by atoms with Gasteiger partial charge in [-0.3, -0.25) is 18.7 Å². The second-order valence-electron chi connectivity index (χ2n) is 6.83. The summed E-state index contributed by atoms with van der Waals surface area (Å²) >= 11 is 0. The van der Waals surface area contributed by atoms with E-state index in [2.05, 4.69) is 10.3 Å². The Morgan fingerprint density at radius 3 is 2.69 bits per heavy atom. The van der Waals surface area contributed by atoms with E-state index >= 15 is 0 Å². The average Bonchev–Trinajstić information content (AvgIpc) is 3.14. The fourth-order valence-electron chi connectivity index (χ4n) is 3.32. The molecule has 0 unspecified atom stereocenters. The minimum Gasteiger partial charge on any atom is -0.486 e. The van der Waals surface area contributed by atoms with Crippen LogP contribution in [0.25, 0.3) is 11.2 Å². The normalized spacial score (nSPS) is 12.9. The van der Waals surface area contributed by atoms with Gasteiger partial charge in [0.25, 0.3) is 5.56 Å². The van der Waals surface area contributed by atoms with E-state index in [0.717, 1.165) is 15.9 Å². The molecule has 29 heavy (non-hydrogen) atoms. The van der Waals surface area contributed by atoms with Gasteiger partial charge in [-0.15, -0.1) is 0 Å². The second-order valence-corrected chi connectivity index (χ2v) is 6.83. The lowest BCUT2D eigenvalue weighted by Gasteiger charge is -2.18. The molecule has 4 rings (SSSR count). The molecule has 1 amide bonds. The first-order valence-electron chi connectivity index (χ1n) is 9.22. The number of imidazole rings is 1. The number of aryl methyl sites for hydroxylation is 1. The Balaban J connectivity index is 1.42. The maximum atomic E-state index is 12.4. The Kier molecular flexibility index (Phi) is 4.83. The van der Waals surface area contributed by atoms with Gasteiger partial charge in [-0.1, -0.05) is 6.07 Å². The molecule has 3 aromatic rings. The fraction of sp³-hybridized carbons (Fsp3) is 0.368. The van der Waals surface area contributed by atoms with Crippen molar-refractivity contribution in [1.82, 2.24) is 24.0 Å². The summed E-state index contributed by atoms with van der Waals surface area (Å²) in [4.78, 5) is 40.9. The highest BCUT2D eigenvalue weighted by Crippen LogP contribution is 2.30. The SMILES string of the molecule is Cn1c(=O)c2c(ncn2CC(=O)NCCc2ccc3c(c2)OCCO3)n(C)c1=O. The molecule has 0 saturated heterocycles. The number of nitrogens with one attached hydrogen (secondary N) is 1. The third-order valence-electron chi connectivity index (χ3n) is 4.87. The molecular weight excluding hydrogens is 378 g/mol. The highest BCUT2D eigenvalue weighted by Gasteiger charge is 2.16. The van der Waals surface area contributed by atoms with Crippen LogP contribution in [0.2, 0.25) is 0 Å². The second kappa shape index (κ2) is 7.46. The third-order valence-corrected chi connectivity index (χ3v) is 4.87. The molecule has 0 bridgehead atoms. The van der Waals surface area contributed by atoms with Crippen molar-refractivity contribution >= 4 is 17.1 Å². The highest BCUT2D eigenvalue weighted by molar-refractivity contribution is 5.78. The van der Waals surface area contributed by atoms with Crippen LogP contribution in [0.3, 0.4) is 0 Å². The molecule has 0 spiro atoms. The van der Waals surface area contributed by atoms with Crippen LogP contribution >= 0.6 is 0 Å². The van der Waals surface area contributed by atoms with E-state index in [-0.39, 0.29) is 23.6 Å². The van der Waals surface area contributed by atoms with Crippen molar-refractivity contribution in [2.75, 3.05) is 19.8 Å². The predicted molar refractivity (Wildman–Crippen MR) is 104 cm³/mol. The number of fused-ring (bicyclic) bond motifs is 2. The largest absolute Gasteiger partial charge is 0.486 e. The van der Waals surface area contributed by atoms with Crippen molar-refractivity contribution < 1.29 is 14.3 Å². The molecule has 1 N–H and O–H groups in total. The van der Waals surface area contributed by atoms with Gasteiger partial charge < -0.3 is 19.4 Å². The van der Waals surface area contributed by atoms with E-state index in [0.29, 0.717) is 31.9 Å². The zero-order valence-corrected chi connectivity index (χ0v) is 16.2. The molecule has 1 aromatic carbocycles. The summed E-state index contributed by atoms with van der Waals surface area (Å²) in [5.41, 5.74) is 0.548. The van der Waals surface area contributed by atoms with Crippen LogP contribution in [0.4, 0.5) is 0 Å². The number of benzene rings is 1. The van der Waals surface area contributed by atoms with Gasteiger partial charge in [0.2, 0.25) is 5.91 Å². The van der Waals surface area contributed by atoms with Crippen molar-refractivity contribution in [2.45, 2.75) is 13.0 Å². The molecule has 10 nitrogen and oxygen atoms in total. The van der Waals surface area contributed by atoms with Gasteiger partial charge in [-0.25, -0.2) is 9.78 Å². The first-order valence-corrected chi connectivity index (χ1v) is 9.22. The molecule has 1 aliphatic rings. The number of rotatable bonds is 5. The minimum absolute atomic E-state index is 0.0644. The van der Waals surface area contributed by atoms with Crippen molar-refractivity contribution in [2.24, 2.45) is 14.1 Å². The van der Waals surface area contributed by atoms with E-state index in [9.17, 15) is 14.4 Å². The van der Waals surface area contributed by atoms with Gasteiger partial charge in [0, 0.05) is 20.6 Å². The van der Waals surface area contributed by atoms with Gasteiger partial charge in [-0.05, 0) is 24.1 Å². The number of amides is 1. The van der Waals surface area contributed by atoms with E-state index in [1.165, 1.54) is 29.6 Å². The summed E-state index contributed by atoms with van der Waals surface area (Å²) in [7, 11) is 2.93. The maximum Gasteiger partial charge on any atom is 0.332 e. The van der Waals surface area contributed by atoms with E-state index in [1.54, 1.807) is 0 Å². The molecule has 0 atom stereocenters. The average molecular weight is 399 g/mol. The van der Waals surface area contributed by atoms with Crippen molar-refractivity contribution in [3.63, 3.8) is 0 Å². The number of carbonyl (C=O) groups excluding carboxylic acids is 1. The molecule has 1 aliphatic heterocycles. The van der Waals surface area contributed by atoms with Gasteiger partial charge in [-0.2, -0.15) is 0 Å². The van der Waals surface area contributed by atoms with Crippen LogP contribution in [-0.4, -0.2) is 44.4 Å². The Bertz CT molecular complexity index is 1210. The monoisotopic (exact) mass is 399 g/mol. The maximum absolute atomic E-state index is 12.4. The van der Waals surface area contributed by atoms with Crippen LogP contribution in [0.5, 0.6) is 11.5 Å². The molecule has 2 aromatic heterocycles. The minimum atomic E-state index is -0.482. The predicted octanol–water partition coefficient (Wildman–Crippen LogP) is -0.436. The van der Waals surface area contributed by atoms with Gasteiger partial charge in [0.1, 0.15) is 19.8 Å². The molecule has 0 aliphatic carbocycles. The standard InChI is InChI=1S/C19H21N5O5/c1-22-17-16(18(26)23(2)19(22)27)24(11-21-17)10-15(25)20-6-5-12-3-4-13-14(9-12)29-8-7-28-13/h3-4,9,11H,5-8,10H2,1-2H3,(H,20,25). The highest BCUT2D eigenvalue weighted by atomic mass is 16.6. The molecule has 0 saturated carbocycles. The van der Waals surface area contributed by atoms with E-state index < -0.39 is 11.2 Å². The van der Waals surface area contributed by atoms with Crippen molar-refractivity contribution in [3.05, 3.63) is 50.9 Å². The summed E-state index contributed by atoms with van der Waals surface area (Å²) in [6.45, 7) is 1.44. The topological polar surface area (TPSA) is 109 Å². The van der Waals surface area contributed by atoms with Gasteiger partial charge >= 0.3 is 5.69 Å². The van der Waals surface area contributed by atoms with Crippen LogP contribution < -0.4 is 26.0 Å². The molecule has 10 heteroatoms. The lowest BCUT2D eigenvalue weighted by atomic mass is 10.1. The first-order chi connectivity index (χ1) is 14.0. The summed E-state index contributed by atoms with van der Waals surface area (Å²) in [6.07, 6.45) is 2.02. The zero-order chi connectivity index (χ0) is 20.5. The van der Waals surface area contributed by atoms with Crippen LogP contribution in [0.15, 0.2) is 34.1 Å². The van der Waals surface area contributed by atoms with Crippen LogP contribution in [0, 0.1) is 0 Å². The molecular formula is C19H21N5O5. The number of carbonyl (C=O) groups is 1. The molecule has 3 heterocycles. The third kappa shape index (κ3) is 3.48. The molecule has 152 valence electrons. The summed E-state index contributed by atoms with van der Waals surface area (Å²) < 4.78 is 14.8. The van der Waals surface area contributed by atoms with E-state index in [1.807, 2.05) is 18.2 Å². The van der Waals surface area contributed by atoms with Crippen molar-refractivity contribution in [1.29, 1.82) is 0 Å². The Morgan fingerprint density at radius 2 is 1.90 bits per heavy atom. The molecule has 0 fully saturated rings. The number of nitrogens with zero attached hydrogens (tertiary/aromatic N) is 4. The van der Waals surface area contributed by atoms with Gasteiger partial charge in [0.15, 0.2) is 22.7 Å². The Morgan fingerprint density at radius 1 is 1.14 bits per heavy atom. The summed E-state index contributed by atoms with van der Waals surface area (Å²) in [5, 5.41) is 2.84. The van der Waals surface area contributed by atoms with E-state index in [4.69, 9.17) is 9.47 Å². The lowest BCUT2D eigenvalue weighted by Crippen LogP contribution is -2.38. The lowest BCUT2D eigenvalue weighted by molar-refractivity contribution is -0.121. The quantitative estimate of drug-likeness (QED) is 0.623. The molecule has 0 radical (unpaired) electrons. The Labute approximate surface area is 165 Å². The number of hydrogen-bond acceptors (Lipinski definition) is 6. The van der Waals surface area contributed by atoms with Crippen LogP contribution in [0.1, 0.15) is 5.56 Å². The summed E-state index contributed by atoms with van der Waals surface area (Å²) in [6, 6.07) is 5.71. The van der Waals surface area contributed by atoms with Gasteiger partial charge in [0.05, 0.1) is 6.33 Å². The van der Waals surface area contributed by atoms with Crippen LogP contribution in [-0.2, 0) is 31.9 Å². The van der Waals surface area contributed by atoms with Crippen molar-refractivity contribution in [3.8, 4) is 11.5 Å². The zero-order valence-electron chi connectivity index (χ0n) is 16.2. The fourth-order valence-corrected chi connectivity index (χ4v) is 3.32. The number of ether oxygens (including phenoxy) is 2. The smallest absolute Gasteiger partial charge is 0.332 e. The number of hydrogen-bond donors (Lipinski definition) is 1.